The van der Waals surface area contributed by atoms with Crippen LogP contribution in [-0.4, -0.2) is 30.3 Å². The molecule has 24 heavy (non-hydrogen) atoms. The van der Waals surface area contributed by atoms with Crippen molar-refractivity contribution in [1.82, 2.24) is 4.98 Å². The first-order valence-electron chi connectivity index (χ1n) is 7.78. The second-order valence-corrected chi connectivity index (χ2v) is 5.78. The van der Waals surface area contributed by atoms with Gasteiger partial charge in [0.05, 0.1) is 12.7 Å². The number of rotatable bonds is 3. The summed E-state index contributed by atoms with van der Waals surface area (Å²) >= 11 is 0. The van der Waals surface area contributed by atoms with E-state index in [2.05, 4.69) is 4.98 Å². The van der Waals surface area contributed by atoms with Crippen molar-refractivity contribution in [3.05, 3.63) is 59.8 Å². The molecule has 1 aromatic heterocycles. The maximum atomic E-state index is 12.8. The number of H-pyrrole nitrogens is 1. The predicted octanol–water partition coefficient (Wildman–Crippen LogP) is 2.95. The molecule has 1 N–H and O–H groups in total. The van der Waals surface area contributed by atoms with Gasteiger partial charge in [0.1, 0.15) is 5.75 Å². The SMILES string of the molecule is COc1ccc2[nH]cc(C(=O)C(=O)N3CCc4ccccc43)c2c1. The molecule has 2 aromatic carbocycles. The largest absolute Gasteiger partial charge is 0.497 e. The number of fused-ring (bicyclic) bond motifs is 2. The van der Waals surface area contributed by atoms with Crippen molar-refractivity contribution < 1.29 is 14.3 Å². The lowest BCUT2D eigenvalue weighted by molar-refractivity contribution is -0.114. The number of ether oxygens (including phenoxy) is 1. The number of carbonyl (C=O) groups is 2. The molecule has 5 heteroatoms. The second-order valence-electron chi connectivity index (χ2n) is 5.78. The average molecular weight is 320 g/mol. The van der Waals surface area contributed by atoms with E-state index in [-0.39, 0.29) is 0 Å². The molecule has 120 valence electrons. The molecule has 0 saturated heterocycles. The summed E-state index contributed by atoms with van der Waals surface area (Å²) in [6.07, 6.45) is 2.36. The van der Waals surface area contributed by atoms with Crippen LogP contribution < -0.4 is 9.64 Å². The van der Waals surface area contributed by atoms with Crippen LogP contribution in [0.15, 0.2) is 48.7 Å². The minimum absolute atomic E-state index is 0.373. The number of para-hydroxylation sites is 1. The van der Waals surface area contributed by atoms with E-state index >= 15 is 0 Å². The monoisotopic (exact) mass is 320 g/mol. The number of aromatic amines is 1. The summed E-state index contributed by atoms with van der Waals surface area (Å²) in [5, 5.41) is 0.695. The van der Waals surface area contributed by atoms with E-state index in [0.29, 0.717) is 23.2 Å². The molecule has 3 aromatic rings. The number of nitrogens with zero attached hydrogens (tertiary/aromatic N) is 1. The van der Waals surface area contributed by atoms with Crippen molar-refractivity contribution in [2.24, 2.45) is 0 Å². The number of methoxy groups -OCH3 is 1. The minimum atomic E-state index is -0.508. The van der Waals surface area contributed by atoms with Crippen LogP contribution in [0.5, 0.6) is 5.75 Å². The van der Waals surface area contributed by atoms with Crippen molar-refractivity contribution in [1.29, 1.82) is 0 Å². The molecule has 0 bridgehead atoms. The predicted molar refractivity (Wildman–Crippen MR) is 91.7 cm³/mol. The van der Waals surface area contributed by atoms with Crippen LogP contribution in [0.3, 0.4) is 0 Å². The van der Waals surface area contributed by atoms with Crippen LogP contribution in [0, 0.1) is 0 Å². The van der Waals surface area contributed by atoms with Crippen molar-refractivity contribution >= 4 is 28.3 Å². The molecule has 4 rings (SSSR count). The second kappa shape index (κ2) is 5.53. The Morgan fingerprint density at radius 2 is 2.00 bits per heavy atom. The Morgan fingerprint density at radius 1 is 1.17 bits per heavy atom. The van der Waals surface area contributed by atoms with E-state index in [0.717, 1.165) is 23.2 Å². The molecule has 0 aliphatic carbocycles. The fourth-order valence-electron chi connectivity index (χ4n) is 3.20. The third-order valence-electron chi connectivity index (χ3n) is 4.46. The van der Waals surface area contributed by atoms with Gasteiger partial charge >= 0.3 is 0 Å². The van der Waals surface area contributed by atoms with Crippen LogP contribution in [0.25, 0.3) is 10.9 Å². The van der Waals surface area contributed by atoms with Gasteiger partial charge in [0.15, 0.2) is 0 Å². The Balaban J connectivity index is 1.71. The molecule has 1 amide bonds. The van der Waals surface area contributed by atoms with Gasteiger partial charge in [-0.1, -0.05) is 18.2 Å². The Hall–Kier alpha value is -3.08. The summed E-state index contributed by atoms with van der Waals surface area (Å²) < 4.78 is 5.21. The molecule has 5 nitrogen and oxygen atoms in total. The fourth-order valence-corrected chi connectivity index (χ4v) is 3.20. The van der Waals surface area contributed by atoms with E-state index in [1.807, 2.05) is 36.4 Å². The van der Waals surface area contributed by atoms with Gasteiger partial charge in [-0.05, 0) is 36.2 Å². The molecule has 1 aliphatic heterocycles. The molecular formula is C19H16N2O3. The zero-order valence-corrected chi connectivity index (χ0v) is 13.2. The summed E-state index contributed by atoms with van der Waals surface area (Å²) in [4.78, 5) is 30.1. The number of anilines is 1. The number of Topliss-reactive ketones (excluding diaryl/α,β-unsaturated/α-hetero) is 1. The van der Waals surface area contributed by atoms with Crippen molar-refractivity contribution in [2.45, 2.75) is 6.42 Å². The highest BCUT2D eigenvalue weighted by molar-refractivity contribution is 6.49. The van der Waals surface area contributed by atoms with Crippen LogP contribution in [0.2, 0.25) is 0 Å². The van der Waals surface area contributed by atoms with Crippen molar-refractivity contribution in [3.8, 4) is 5.75 Å². The number of benzene rings is 2. The maximum absolute atomic E-state index is 12.8. The zero-order chi connectivity index (χ0) is 16.7. The molecular weight excluding hydrogens is 304 g/mol. The van der Waals surface area contributed by atoms with Crippen LogP contribution >= 0.6 is 0 Å². The highest BCUT2D eigenvalue weighted by Gasteiger charge is 2.30. The molecule has 0 saturated carbocycles. The molecule has 0 radical (unpaired) electrons. The number of amides is 1. The first kappa shape index (κ1) is 14.5. The smallest absolute Gasteiger partial charge is 0.299 e. The Morgan fingerprint density at radius 3 is 2.83 bits per heavy atom. The Labute approximate surface area is 138 Å². The minimum Gasteiger partial charge on any atom is -0.497 e. The van der Waals surface area contributed by atoms with Gasteiger partial charge in [0.2, 0.25) is 0 Å². The molecule has 0 spiro atoms. The van der Waals surface area contributed by atoms with Gasteiger partial charge in [-0.3, -0.25) is 9.59 Å². The van der Waals surface area contributed by atoms with Gasteiger partial charge in [0, 0.05) is 29.3 Å². The third-order valence-corrected chi connectivity index (χ3v) is 4.46. The maximum Gasteiger partial charge on any atom is 0.299 e. The normalized spacial score (nSPS) is 13.1. The summed E-state index contributed by atoms with van der Waals surface area (Å²) in [6, 6.07) is 13.1. The van der Waals surface area contributed by atoms with E-state index in [9.17, 15) is 9.59 Å². The highest BCUT2D eigenvalue weighted by Crippen LogP contribution is 2.29. The lowest BCUT2D eigenvalue weighted by atomic mass is 10.1. The first-order chi connectivity index (χ1) is 11.7. The topological polar surface area (TPSA) is 62.4 Å². The number of nitrogens with one attached hydrogen (secondary N) is 1. The lowest BCUT2D eigenvalue weighted by Crippen LogP contribution is -2.35. The summed E-state index contributed by atoms with van der Waals surface area (Å²) in [5.41, 5.74) is 3.10. The quantitative estimate of drug-likeness (QED) is 0.596. The van der Waals surface area contributed by atoms with Crippen LogP contribution in [0.1, 0.15) is 15.9 Å². The average Bonchev–Trinajstić information content (AvgIpc) is 3.24. The molecule has 0 fully saturated rings. The highest BCUT2D eigenvalue weighted by atomic mass is 16.5. The number of hydrogen-bond acceptors (Lipinski definition) is 3. The standard InChI is InChI=1S/C19H16N2O3/c1-24-13-6-7-16-14(10-13)15(11-20-16)18(22)19(23)21-9-8-12-4-2-3-5-17(12)21/h2-7,10-11,20H,8-9H2,1H3. The van der Waals surface area contributed by atoms with Gasteiger partial charge < -0.3 is 14.6 Å². The first-order valence-corrected chi connectivity index (χ1v) is 7.78. The molecule has 0 atom stereocenters. The van der Waals surface area contributed by atoms with Crippen LogP contribution in [-0.2, 0) is 11.2 Å². The van der Waals surface area contributed by atoms with E-state index in [1.54, 1.807) is 24.3 Å². The Bertz CT molecular complexity index is 958. The summed E-state index contributed by atoms with van der Waals surface area (Å²) in [6.45, 7) is 0.537. The van der Waals surface area contributed by atoms with Crippen LogP contribution in [0.4, 0.5) is 5.69 Å². The third kappa shape index (κ3) is 2.17. The number of aromatic nitrogens is 1. The molecule has 2 heterocycles. The molecule has 1 aliphatic rings. The lowest BCUT2D eigenvalue weighted by Gasteiger charge is -2.16. The Kier molecular flexibility index (Phi) is 3.34. The van der Waals surface area contributed by atoms with Gasteiger partial charge in [-0.15, -0.1) is 0 Å². The molecule has 0 unspecified atom stereocenters. The van der Waals surface area contributed by atoms with Gasteiger partial charge in [-0.2, -0.15) is 0 Å². The van der Waals surface area contributed by atoms with E-state index in [4.69, 9.17) is 4.74 Å². The van der Waals surface area contributed by atoms with Gasteiger partial charge in [0.25, 0.3) is 11.7 Å². The summed E-state index contributed by atoms with van der Waals surface area (Å²) in [5.74, 6) is -0.356. The van der Waals surface area contributed by atoms with E-state index in [1.165, 1.54) is 0 Å². The fraction of sp³-hybridized carbons (Fsp3) is 0.158. The number of hydrogen-bond donors (Lipinski definition) is 1. The number of carbonyl (C=O) groups excluding carboxylic acids is 2. The number of ketones is 1. The van der Waals surface area contributed by atoms with Gasteiger partial charge in [-0.25, -0.2) is 0 Å². The summed E-state index contributed by atoms with van der Waals surface area (Å²) in [7, 11) is 1.57. The van der Waals surface area contributed by atoms with E-state index < -0.39 is 11.7 Å². The van der Waals surface area contributed by atoms with Crippen molar-refractivity contribution in [2.75, 3.05) is 18.6 Å². The van der Waals surface area contributed by atoms with Crippen molar-refractivity contribution in [3.63, 3.8) is 0 Å². The zero-order valence-electron chi connectivity index (χ0n) is 13.2.